The predicted molar refractivity (Wildman–Crippen MR) is 84.8 cm³/mol. The van der Waals surface area contributed by atoms with Gasteiger partial charge in [0, 0.05) is 11.8 Å². The molecule has 0 atom stereocenters. The Morgan fingerprint density at radius 2 is 2.00 bits per heavy atom. The third-order valence-corrected chi connectivity index (χ3v) is 3.13. The Morgan fingerprint density at radius 3 is 2.55 bits per heavy atom. The summed E-state index contributed by atoms with van der Waals surface area (Å²) < 4.78 is 6.01. The monoisotopic (exact) mass is 378 g/mol. The van der Waals surface area contributed by atoms with Crippen molar-refractivity contribution in [2.75, 3.05) is 5.32 Å². The van der Waals surface area contributed by atoms with E-state index in [0.717, 1.165) is 5.56 Å². The molecular formula is C15H11IN2O2. The normalized spacial score (nSPS) is 10.9. The van der Waals surface area contributed by atoms with Crippen LogP contribution in [0.3, 0.4) is 0 Å². The van der Waals surface area contributed by atoms with Crippen LogP contribution >= 0.6 is 22.6 Å². The number of benzene rings is 1. The lowest BCUT2D eigenvalue weighted by Gasteiger charge is -2.04. The highest BCUT2D eigenvalue weighted by molar-refractivity contribution is 14.1. The number of halogens is 1. The van der Waals surface area contributed by atoms with E-state index in [2.05, 4.69) is 5.32 Å². The minimum Gasteiger partial charge on any atom is -0.451 e. The van der Waals surface area contributed by atoms with E-state index in [9.17, 15) is 4.79 Å². The van der Waals surface area contributed by atoms with Gasteiger partial charge in [-0.2, -0.15) is 5.26 Å². The van der Waals surface area contributed by atoms with E-state index >= 15 is 0 Å². The number of rotatable bonds is 3. The van der Waals surface area contributed by atoms with Crippen LogP contribution in [0.25, 0.3) is 6.08 Å². The molecule has 2 aromatic rings. The Hall–Kier alpha value is -2.07. The quantitative estimate of drug-likeness (QED) is 0.503. The summed E-state index contributed by atoms with van der Waals surface area (Å²) in [5, 5.41) is 11.7. The molecule has 0 aliphatic heterocycles. The van der Waals surface area contributed by atoms with Gasteiger partial charge in [-0.25, -0.2) is 0 Å². The summed E-state index contributed by atoms with van der Waals surface area (Å²) in [6.07, 6.45) is 1.42. The molecule has 5 heteroatoms. The van der Waals surface area contributed by atoms with Gasteiger partial charge in [-0.05, 0) is 53.8 Å². The van der Waals surface area contributed by atoms with Crippen LogP contribution in [0.15, 0.2) is 46.4 Å². The van der Waals surface area contributed by atoms with Gasteiger partial charge in [-0.3, -0.25) is 4.79 Å². The van der Waals surface area contributed by atoms with Crippen LogP contribution in [-0.4, -0.2) is 5.91 Å². The molecule has 0 saturated heterocycles. The van der Waals surface area contributed by atoms with Crippen molar-refractivity contribution in [3.05, 3.63) is 57.1 Å². The molecule has 1 aromatic heterocycles. The highest BCUT2D eigenvalue weighted by Crippen LogP contribution is 2.15. The van der Waals surface area contributed by atoms with Crippen LogP contribution in [0, 0.1) is 22.0 Å². The largest absolute Gasteiger partial charge is 0.451 e. The molecule has 100 valence electrons. The Kier molecular flexibility index (Phi) is 4.58. The number of hydrogen-bond acceptors (Lipinski definition) is 3. The van der Waals surface area contributed by atoms with E-state index in [0.29, 0.717) is 15.2 Å². The zero-order chi connectivity index (χ0) is 14.5. The van der Waals surface area contributed by atoms with E-state index in [-0.39, 0.29) is 5.57 Å². The Labute approximate surface area is 130 Å². The second-order valence-corrected chi connectivity index (χ2v) is 5.20. The number of hydrogen-bond donors (Lipinski definition) is 1. The van der Waals surface area contributed by atoms with Crippen molar-refractivity contribution in [3.63, 3.8) is 0 Å². The molecule has 0 fully saturated rings. The molecule has 1 aromatic carbocycles. The van der Waals surface area contributed by atoms with Crippen molar-refractivity contribution in [3.8, 4) is 6.07 Å². The molecule has 0 unspecified atom stereocenters. The molecule has 0 spiro atoms. The van der Waals surface area contributed by atoms with E-state index in [1.165, 1.54) is 6.08 Å². The summed E-state index contributed by atoms with van der Waals surface area (Å²) in [4.78, 5) is 12.0. The molecule has 20 heavy (non-hydrogen) atoms. The van der Waals surface area contributed by atoms with Gasteiger partial charge in [0.1, 0.15) is 17.4 Å². The molecule has 0 saturated carbocycles. The first-order valence-corrected chi connectivity index (χ1v) is 6.91. The predicted octanol–water partition coefficient (Wildman–Crippen LogP) is 3.74. The highest BCUT2D eigenvalue weighted by atomic mass is 127. The number of carbonyl (C=O) groups is 1. The summed E-state index contributed by atoms with van der Waals surface area (Å²) in [6.45, 7) is 1.96. The molecular weight excluding hydrogens is 367 g/mol. The molecule has 1 amide bonds. The zero-order valence-electron chi connectivity index (χ0n) is 10.7. The molecule has 1 heterocycles. The van der Waals surface area contributed by atoms with Crippen molar-refractivity contribution in [2.45, 2.75) is 6.92 Å². The SMILES string of the molecule is Cc1ccc(NC(=O)C(C#N)=Cc2ccc(I)o2)cc1. The lowest BCUT2D eigenvalue weighted by Crippen LogP contribution is -2.13. The number of nitriles is 1. The van der Waals surface area contributed by atoms with Crippen LogP contribution in [0.4, 0.5) is 5.69 Å². The fraction of sp³-hybridized carbons (Fsp3) is 0.0667. The smallest absolute Gasteiger partial charge is 0.266 e. The molecule has 4 nitrogen and oxygen atoms in total. The third-order valence-electron chi connectivity index (χ3n) is 2.56. The van der Waals surface area contributed by atoms with Crippen molar-refractivity contribution in [1.29, 1.82) is 5.26 Å². The third kappa shape index (κ3) is 3.71. The van der Waals surface area contributed by atoms with Crippen molar-refractivity contribution >= 4 is 40.3 Å². The van der Waals surface area contributed by atoms with Crippen LogP contribution < -0.4 is 5.32 Å². The molecule has 2 rings (SSSR count). The molecule has 0 aliphatic carbocycles. The highest BCUT2D eigenvalue weighted by Gasteiger charge is 2.10. The summed E-state index contributed by atoms with van der Waals surface area (Å²) in [5.41, 5.74) is 1.75. The first kappa shape index (κ1) is 14.3. The minimum atomic E-state index is -0.456. The van der Waals surface area contributed by atoms with Gasteiger partial charge in [0.2, 0.25) is 0 Å². The van der Waals surface area contributed by atoms with Gasteiger partial charge in [-0.1, -0.05) is 17.7 Å². The molecule has 1 N–H and O–H groups in total. The maximum atomic E-state index is 12.0. The van der Waals surface area contributed by atoms with E-state index in [1.54, 1.807) is 24.3 Å². The van der Waals surface area contributed by atoms with E-state index < -0.39 is 5.91 Å². The van der Waals surface area contributed by atoms with Crippen molar-refractivity contribution in [2.24, 2.45) is 0 Å². The summed E-state index contributed by atoms with van der Waals surface area (Å²) in [5.74, 6) is 0.0211. The second-order valence-electron chi connectivity index (χ2n) is 4.13. The standard InChI is InChI=1S/C15H11IN2O2/c1-10-2-4-12(5-3-10)18-15(19)11(9-17)8-13-6-7-14(16)20-13/h2-8H,1H3,(H,18,19). The maximum absolute atomic E-state index is 12.0. The van der Waals surface area contributed by atoms with Gasteiger partial charge >= 0.3 is 0 Å². The van der Waals surface area contributed by atoms with E-state index in [1.807, 2.05) is 47.7 Å². The lowest BCUT2D eigenvalue weighted by molar-refractivity contribution is -0.112. The summed E-state index contributed by atoms with van der Waals surface area (Å²) in [6, 6.07) is 12.7. The van der Waals surface area contributed by atoms with E-state index in [4.69, 9.17) is 9.68 Å². The summed E-state index contributed by atoms with van der Waals surface area (Å²) in [7, 11) is 0. The molecule has 0 aliphatic rings. The molecule has 0 radical (unpaired) electrons. The van der Waals surface area contributed by atoms with Gasteiger partial charge in [0.05, 0.1) is 0 Å². The lowest BCUT2D eigenvalue weighted by atomic mass is 10.2. The fourth-order valence-electron chi connectivity index (χ4n) is 1.53. The second kappa shape index (κ2) is 6.39. The van der Waals surface area contributed by atoms with Crippen molar-refractivity contribution < 1.29 is 9.21 Å². The Balaban J connectivity index is 2.16. The fourth-order valence-corrected chi connectivity index (χ4v) is 1.97. The topological polar surface area (TPSA) is 66.0 Å². The first-order valence-electron chi connectivity index (χ1n) is 5.83. The van der Waals surface area contributed by atoms with Gasteiger partial charge in [-0.15, -0.1) is 0 Å². The minimum absolute atomic E-state index is 0.00340. The van der Waals surface area contributed by atoms with Crippen LogP contribution in [0.1, 0.15) is 11.3 Å². The Morgan fingerprint density at radius 1 is 1.30 bits per heavy atom. The Bertz CT molecular complexity index is 693. The number of amides is 1. The van der Waals surface area contributed by atoms with Gasteiger partial charge in [0.15, 0.2) is 3.77 Å². The number of carbonyl (C=O) groups excluding carboxylic acids is 1. The first-order chi connectivity index (χ1) is 9.58. The number of nitrogens with zero attached hydrogens (tertiary/aromatic N) is 1. The maximum Gasteiger partial charge on any atom is 0.266 e. The van der Waals surface area contributed by atoms with Crippen LogP contribution in [-0.2, 0) is 4.79 Å². The number of nitrogens with one attached hydrogen (secondary N) is 1. The van der Waals surface area contributed by atoms with Gasteiger partial charge in [0.25, 0.3) is 5.91 Å². The number of furan rings is 1. The van der Waals surface area contributed by atoms with Crippen LogP contribution in [0.2, 0.25) is 0 Å². The van der Waals surface area contributed by atoms with Crippen molar-refractivity contribution in [1.82, 2.24) is 0 Å². The average Bonchev–Trinajstić information content (AvgIpc) is 2.84. The van der Waals surface area contributed by atoms with Gasteiger partial charge < -0.3 is 9.73 Å². The summed E-state index contributed by atoms with van der Waals surface area (Å²) >= 11 is 2.02. The van der Waals surface area contributed by atoms with Crippen LogP contribution in [0.5, 0.6) is 0 Å². The zero-order valence-corrected chi connectivity index (χ0v) is 12.8. The number of aryl methyl sites for hydroxylation is 1. The average molecular weight is 378 g/mol. The molecule has 0 bridgehead atoms. The number of anilines is 1.